The van der Waals surface area contributed by atoms with Crippen molar-refractivity contribution in [3.8, 4) is 5.69 Å². The lowest BCUT2D eigenvalue weighted by Gasteiger charge is -2.00. The summed E-state index contributed by atoms with van der Waals surface area (Å²) < 4.78 is 1.75. The van der Waals surface area contributed by atoms with Crippen molar-refractivity contribution in [2.24, 2.45) is 0 Å². The molecule has 0 radical (unpaired) electrons. The second-order valence-corrected chi connectivity index (χ2v) is 4.17. The molecule has 0 unspecified atom stereocenters. The molecule has 3 rings (SSSR count). The van der Waals surface area contributed by atoms with E-state index in [1.165, 1.54) is 11.9 Å². The van der Waals surface area contributed by atoms with Crippen LogP contribution in [0.15, 0.2) is 36.8 Å². The number of halogens is 1. The number of benzene rings is 1. The number of fused-ring (bicyclic) bond motifs is 1. The highest BCUT2D eigenvalue weighted by molar-refractivity contribution is 6.33. The highest BCUT2D eigenvalue weighted by Crippen LogP contribution is 2.19. The van der Waals surface area contributed by atoms with Gasteiger partial charge in [-0.3, -0.25) is 0 Å². The van der Waals surface area contributed by atoms with E-state index < -0.39 is 0 Å². The lowest BCUT2D eigenvalue weighted by molar-refractivity contribution is 0.888. The minimum absolute atomic E-state index is 0.424. The van der Waals surface area contributed by atoms with Crippen LogP contribution in [0.2, 0.25) is 5.15 Å². The summed E-state index contributed by atoms with van der Waals surface area (Å²) in [6.07, 6.45) is 3.25. The summed E-state index contributed by atoms with van der Waals surface area (Å²) >= 11 is 5.98. The van der Waals surface area contributed by atoms with Crippen molar-refractivity contribution >= 4 is 22.6 Å². The van der Waals surface area contributed by atoms with Crippen LogP contribution in [0.5, 0.6) is 0 Å². The summed E-state index contributed by atoms with van der Waals surface area (Å²) in [6, 6.07) is 8.08. The average Bonchev–Trinajstić information content (AvgIpc) is 2.75. The third kappa shape index (κ3) is 1.76. The third-order valence-corrected chi connectivity index (χ3v) is 2.87. The van der Waals surface area contributed by atoms with Crippen molar-refractivity contribution in [1.82, 2.24) is 19.7 Å². The highest BCUT2D eigenvalue weighted by atomic mass is 35.5. The molecular formula is C12H9ClN4. The largest absolute Gasteiger partial charge is 0.238 e. The van der Waals surface area contributed by atoms with Crippen LogP contribution in [0.25, 0.3) is 16.7 Å². The first kappa shape index (κ1) is 10.2. The fourth-order valence-corrected chi connectivity index (χ4v) is 1.82. The Labute approximate surface area is 103 Å². The summed E-state index contributed by atoms with van der Waals surface area (Å²) in [6.45, 7) is 2.05. The molecular weight excluding hydrogens is 236 g/mol. The second kappa shape index (κ2) is 3.82. The van der Waals surface area contributed by atoms with Crippen LogP contribution in [0.4, 0.5) is 0 Å². The van der Waals surface area contributed by atoms with Crippen LogP contribution in [0, 0.1) is 6.92 Å². The number of aromatic nitrogens is 4. The maximum Gasteiger partial charge on any atom is 0.186 e. The summed E-state index contributed by atoms with van der Waals surface area (Å²) in [7, 11) is 0. The first-order chi connectivity index (χ1) is 8.24. The molecule has 0 N–H and O–H groups in total. The highest BCUT2D eigenvalue weighted by Gasteiger charge is 2.07. The lowest BCUT2D eigenvalue weighted by Crippen LogP contribution is -1.93. The van der Waals surface area contributed by atoms with Gasteiger partial charge >= 0.3 is 0 Å². The number of rotatable bonds is 1. The molecule has 0 fully saturated rings. The second-order valence-electron chi connectivity index (χ2n) is 3.81. The Morgan fingerprint density at radius 1 is 1.12 bits per heavy atom. The quantitative estimate of drug-likeness (QED) is 0.618. The third-order valence-electron chi connectivity index (χ3n) is 2.57. The van der Waals surface area contributed by atoms with Gasteiger partial charge in [-0.2, -0.15) is 0 Å². The molecule has 0 aliphatic carbocycles. The topological polar surface area (TPSA) is 43.6 Å². The number of nitrogens with zero attached hydrogens (tertiary/aromatic N) is 4. The Morgan fingerprint density at radius 3 is 2.59 bits per heavy atom. The van der Waals surface area contributed by atoms with E-state index in [0.29, 0.717) is 10.8 Å². The molecule has 0 atom stereocenters. The van der Waals surface area contributed by atoms with Gasteiger partial charge in [0.15, 0.2) is 5.65 Å². The van der Waals surface area contributed by atoms with E-state index in [1.54, 1.807) is 4.68 Å². The molecule has 0 spiro atoms. The summed E-state index contributed by atoms with van der Waals surface area (Å²) in [5, 5.41) is 5.54. The summed E-state index contributed by atoms with van der Waals surface area (Å²) in [5.74, 6) is 0. The maximum atomic E-state index is 5.98. The summed E-state index contributed by atoms with van der Waals surface area (Å²) in [4.78, 5) is 8.01. The van der Waals surface area contributed by atoms with Gasteiger partial charge in [-0.25, -0.2) is 14.6 Å². The van der Waals surface area contributed by atoms with Gasteiger partial charge < -0.3 is 0 Å². The number of hydrogen-bond donors (Lipinski definition) is 0. The van der Waals surface area contributed by atoms with Crippen molar-refractivity contribution < 1.29 is 0 Å². The molecule has 0 aliphatic heterocycles. The van der Waals surface area contributed by atoms with Crippen LogP contribution in [0.3, 0.4) is 0 Å². The minimum atomic E-state index is 0.424. The van der Waals surface area contributed by atoms with E-state index in [-0.39, 0.29) is 0 Å². The molecule has 0 bridgehead atoms. The molecule has 3 aromatic rings. The molecule has 2 aromatic heterocycles. The molecule has 84 valence electrons. The van der Waals surface area contributed by atoms with Gasteiger partial charge in [0.2, 0.25) is 0 Å². The van der Waals surface area contributed by atoms with E-state index in [1.807, 2.05) is 37.4 Å². The van der Waals surface area contributed by atoms with Gasteiger partial charge in [-0.15, -0.1) is 5.10 Å². The monoisotopic (exact) mass is 244 g/mol. The van der Waals surface area contributed by atoms with E-state index in [9.17, 15) is 0 Å². The molecule has 0 saturated carbocycles. The Bertz CT molecular complexity index is 673. The van der Waals surface area contributed by atoms with Gasteiger partial charge in [0.1, 0.15) is 11.5 Å². The van der Waals surface area contributed by atoms with Crippen molar-refractivity contribution in [1.29, 1.82) is 0 Å². The van der Waals surface area contributed by atoms with E-state index in [2.05, 4.69) is 15.1 Å². The first-order valence-corrected chi connectivity index (χ1v) is 5.55. The van der Waals surface area contributed by atoms with Crippen molar-refractivity contribution in [3.05, 3.63) is 47.5 Å². The number of aryl methyl sites for hydroxylation is 1. The SMILES string of the molecule is Cc1ccc(-n2cc3c(Cl)ncnc3n2)cc1. The minimum Gasteiger partial charge on any atom is -0.238 e. The first-order valence-electron chi connectivity index (χ1n) is 5.17. The zero-order valence-corrected chi connectivity index (χ0v) is 9.89. The Kier molecular flexibility index (Phi) is 2.30. The van der Waals surface area contributed by atoms with Crippen LogP contribution < -0.4 is 0 Å². The smallest absolute Gasteiger partial charge is 0.186 e. The van der Waals surface area contributed by atoms with E-state index >= 15 is 0 Å². The van der Waals surface area contributed by atoms with Gasteiger partial charge in [-0.1, -0.05) is 29.3 Å². The van der Waals surface area contributed by atoms with Crippen LogP contribution in [-0.4, -0.2) is 19.7 Å². The Balaban J connectivity index is 2.18. The predicted octanol–water partition coefficient (Wildman–Crippen LogP) is 2.78. The van der Waals surface area contributed by atoms with Crippen molar-refractivity contribution in [2.45, 2.75) is 6.92 Å². The van der Waals surface area contributed by atoms with Gasteiger partial charge in [0.25, 0.3) is 0 Å². The summed E-state index contributed by atoms with van der Waals surface area (Å²) in [5.41, 5.74) is 2.79. The molecule has 4 nitrogen and oxygen atoms in total. The van der Waals surface area contributed by atoms with E-state index in [0.717, 1.165) is 11.1 Å². The molecule has 0 saturated heterocycles. The predicted molar refractivity (Wildman–Crippen MR) is 66.4 cm³/mol. The zero-order valence-electron chi connectivity index (χ0n) is 9.13. The Morgan fingerprint density at radius 2 is 1.88 bits per heavy atom. The lowest BCUT2D eigenvalue weighted by atomic mass is 10.2. The fraction of sp³-hybridized carbons (Fsp3) is 0.0833. The Hall–Kier alpha value is -1.94. The van der Waals surface area contributed by atoms with Crippen LogP contribution >= 0.6 is 11.6 Å². The molecule has 17 heavy (non-hydrogen) atoms. The molecule has 5 heteroatoms. The average molecular weight is 245 g/mol. The van der Waals surface area contributed by atoms with Gasteiger partial charge in [0, 0.05) is 6.20 Å². The van der Waals surface area contributed by atoms with Crippen molar-refractivity contribution in [3.63, 3.8) is 0 Å². The fourth-order valence-electron chi connectivity index (χ4n) is 1.64. The van der Waals surface area contributed by atoms with Gasteiger partial charge in [-0.05, 0) is 19.1 Å². The number of hydrogen-bond acceptors (Lipinski definition) is 3. The standard InChI is InChI=1S/C12H9ClN4/c1-8-2-4-9(5-3-8)17-6-10-11(13)14-7-15-12(10)16-17/h2-7H,1H3. The maximum absolute atomic E-state index is 5.98. The molecule has 0 aliphatic rings. The normalized spacial score (nSPS) is 10.9. The van der Waals surface area contributed by atoms with Crippen molar-refractivity contribution in [2.75, 3.05) is 0 Å². The molecule has 0 amide bonds. The van der Waals surface area contributed by atoms with E-state index in [4.69, 9.17) is 11.6 Å². The molecule has 2 heterocycles. The van der Waals surface area contributed by atoms with Crippen LogP contribution in [0.1, 0.15) is 5.56 Å². The van der Waals surface area contributed by atoms with Crippen LogP contribution in [-0.2, 0) is 0 Å². The van der Waals surface area contributed by atoms with Gasteiger partial charge in [0.05, 0.1) is 11.1 Å². The molecule has 1 aromatic carbocycles. The zero-order chi connectivity index (χ0) is 11.8.